The number of benzene rings is 1. The summed E-state index contributed by atoms with van der Waals surface area (Å²) in [7, 11) is 1.55. The molecule has 0 saturated carbocycles. The second kappa shape index (κ2) is 5.24. The van der Waals surface area contributed by atoms with Gasteiger partial charge < -0.3 is 0 Å². The van der Waals surface area contributed by atoms with Crippen LogP contribution in [0.3, 0.4) is 0 Å². The predicted octanol–water partition coefficient (Wildman–Crippen LogP) is 3.63. The molecule has 0 bridgehead atoms. The van der Waals surface area contributed by atoms with Crippen LogP contribution < -0.4 is 4.68 Å². The van der Waals surface area contributed by atoms with Gasteiger partial charge in [0, 0.05) is 8.81 Å². The number of aryl methyl sites for hydroxylation is 3. The smallest absolute Gasteiger partial charge is 0.212 e. The molecule has 0 fully saturated rings. The molecule has 0 radical (unpaired) electrons. The summed E-state index contributed by atoms with van der Waals surface area (Å²) >= 11 is 1.44. The van der Waals surface area contributed by atoms with Crippen LogP contribution in [0, 0.1) is 25.7 Å². The van der Waals surface area contributed by atoms with Crippen molar-refractivity contribution in [2.45, 2.75) is 13.8 Å². The average molecular weight is 346 g/mol. The Morgan fingerprint density at radius 2 is 1.83 bits per heavy atom. The molecule has 3 aromatic heterocycles. The third kappa shape index (κ3) is 2.08. The number of aromatic nitrogens is 4. The molecule has 0 atom stereocenters. The van der Waals surface area contributed by atoms with Crippen LogP contribution >= 0.6 is 11.3 Å². The zero-order valence-corrected chi connectivity index (χ0v) is 13.6. The lowest BCUT2D eigenvalue weighted by Crippen LogP contribution is -2.37. The summed E-state index contributed by atoms with van der Waals surface area (Å²) in [4.78, 5) is 7.95. The molecule has 0 aliphatic rings. The highest BCUT2D eigenvalue weighted by Crippen LogP contribution is 2.38. The van der Waals surface area contributed by atoms with E-state index in [0.717, 1.165) is 20.5 Å². The third-order valence-electron chi connectivity index (χ3n) is 3.90. The maximum atomic E-state index is 13.9. The quantitative estimate of drug-likeness (QED) is 0.494. The van der Waals surface area contributed by atoms with Crippen LogP contribution in [0.4, 0.5) is 8.78 Å². The van der Waals surface area contributed by atoms with E-state index in [9.17, 15) is 8.78 Å². The van der Waals surface area contributed by atoms with Crippen LogP contribution in [0.1, 0.15) is 15.4 Å². The lowest BCUT2D eigenvalue weighted by molar-refractivity contribution is -0.719. The van der Waals surface area contributed by atoms with Gasteiger partial charge >= 0.3 is 0 Å². The number of hydrogen-bond donors (Lipinski definition) is 0. The van der Waals surface area contributed by atoms with Crippen molar-refractivity contribution in [3.8, 4) is 10.6 Å². The Kier molecular flexibility index (Phi) is 2.60. The van der Waals surface area contributed by atoms with Crippen LogP contribution in [0.25, 0.3) is 31.7 Å². The molecule has 1 aromatic carbocycles. The van der Waals surface area contributed by atoms with E-state index >= 15 is 0 Å². The van der Waals surface area contributed by atoms with Crippen molar-refractivity contribution in [1.29, 1.82) is 0 Å². The van der Waals surface area contributed by atoms with Crippen molar-refractivity contribution >= 4 is 32.5 Å². The van der Waals surface area contributed by atoms with E-state index in [0.29, 0.717) is 5.69 Å². The van der Waals surface area contributed by atoms with Crippen molar-refractivity contribution in [3.63, 3.8) is 0 Å². The summed E-state index contributed by atoms with van der Waals surface area (Å²) in [5.74, 6) is -2.84. The first-order chi connectivity index (χ1) is 12.7. The fraction of sp³-hybridized carbons (Fsp3) is 0.176. The van der Waals surface area contributed by atoms with Gasteiger partial charge in [0.1, 0.15) is 16.1 Å². The van der Waals surface area contributed by atoms with E-state index < -0.39 is 24.4 Å². The van der Waals surface area contributed by atoms with Crippen molar-refractivity contribution in [2.75, 3.05) is 0 Å². The minimum Gasteiger partial charge on any atom is -0.212 e. The van der Waals surface area contributed by atoms with E-state index in [1.165, 1.54) is 16.0 Å². The Hall–Kier alpha value is -2.54. The fourth-order valence-corrected chi connectivity index (χ4v) is 4.07. The molecule has 0 N–H and O–H groups in total. The highest BCUT2D eigenvalue weighted by atomic mass is 32.1. The largest absolute Gasteiger partial charge is 0.276 e. The van der Waals surface area contributed by atoms with Crippen LogP contribution in [-0.2, 0) is 7.05 Å². The van der Waals surface area contributed by atoms with Gasteiger partial charge in [-0.3, -0.25) is 0 Å². The minimum atomic E-state index is -2.65. The Balaban J connectivity index is 2.17. The molecule has 4 nitrogen and oxygen atoms in total. The fourth-order valence-electron chi connectivity index (χ4n) is 2.78. The Bertz CT molecular complexity index is 1220. The first kappa shape index (κ1) is 11.9. The Labute approximate surface area is 144 Å². The third-order valence-corrected chi connectivity index (χ3v) is 5.17. The molecule has 0 unspecified atom stereocenters. The van der Waals surface area contributed by atoms with Gasteiger partial charge in [-0.25, -0.2) is 9.97 Å². The van der Waals surface area contributed by atoms with Crippen molar-refractivity contribution < 1.29 is 17.6 Å². The molecule has 0 spiro atoms. The lowest BCUT2D eigenvalue weighted by atomic mass is 10.1. The molecule has 120 valence electrons. The normalized spacial score (nSPS) is 13.9. The second-order valence-corrected chi connectivity index (χ2v) is 6.43. The molecule has 0 aliphatic carbocycles. The Morgan fingerprint density at radius 1 is 1.12 bits per heavy atom. The van der Waals surface area contributed by atoms with E-state index in [2.05, 4.69) is 15.1 Å². The van der Waals surface area contributed by atoms with Crippen LogP contribution in [0.2, 0.25) is 0 Å². The zero-order valence-electron chi connectivity index (χ0n) is 15.8. The molecular weight excluding hydrogens is 330 g/mol. The number of hydrogen-bond acceptors (Lipinski definition) is 4. The summed E-state index contributed by atoms with van der Waals surface area (Å²) in [5, 5.41) is 5.12. The number of nitrogens with zero attached hydrogens (tertiary/aromatic N) is 4. The minimum absolute atomic E-state index is 0.0350. The van der Waals surface area contributed by atoms with Crippen LogP contribution in [-0.4, -0.2) is 15.1 Å². The first-order valence-electron chi connectivity index (χ1n) is 8.60. The second-order valence-electron chi connectivity index (χ2n) is 5.38. The van der Waals surface area contributed by atoms with E-state index in [1.54, 1.807) is 7.05 Å². The van der Waals surface area contributed by atoms with Gasteiger partial charge in [-0.1, -0.05) is 22.9 Å². The first-order valence-corrected chi connectivity index (χ1v) is 7.92. The number of halogens is 2. The SMILES string of the molecule is [2H]C([2H])([2H])c1n[n+](C)c(-c2sc3ccccc3c2C)c2nc(F)c(F)nc12. The van der Waals surface area contributed by atoms with Gasteiger partial charge in [0.15, 0.2) is 12.6 Å². The molecule has 4 rings (SSSR count). The van der Waals surface area contributed by atoms with Gasteiger partial charge in [-0.05, 0) is 35.9 Å². The standard InChI is InChI=1S/C17H13F2N4S/c1-8-10-6-4-5-7-11(10)24-15(8)14-13-12(9(2)22-23(14)3)20-16(18)17(19)21-13/h4-7H,1-3H3/q+1/i2D3. The maximum absolute atomic E-state index is 13.9. The molecule has 24 heavy (non-hydrogen) atoms. The van der Waals surface area contributed by atoms with E-state index in [1.807, 2.05) is 31.2 Å². The molecule has 0 aliphatic heterocycles. The topological polar surface area (TPSA) is 42.5 Å². The molecule has 3 heterocycles. The van der Waals surface area contributed by atoms with Gasteiger partial charge in [-0.15, -0.1) is 11.3 Å². The average Bonchev–Trinajstić information content (AvgIpc) is 2.92. The molecular formula is C17H13F2N4S+. The molecule has 0 amide bonds. The highest BCUT2D eigenvalue weighted by molar-refractivity contribution is 7.22. The predicted molar refractivity (Wildman–Crippen MR) is 88.7 cm³/mol. The van der Waals surface area contributed by atoms with Crippen LogP contribution in [0.15, 0.2) is 24.3 Å². The summed E-state index contributed by atoms with van der Waals surface area (Å²) in [6, 6.07) is 7.73. The molecule has 4 aromatic rings. The summed E-state index contributed by atoms with van der Waals surface area (Å²) in [6.45, 7) is -0.742. The van der Waals surface area contributed by atoms with Crippen molar-refractivity contribution in [3.05, 3.63) is 47.4 Å². The summed E-state index contributed by atoms with van der Waals surface area (Å²) in [5.41, 5.74) is 0.588. The van der Waals surface area contributed by atoms with Gasteiger partial charge in [0.05, 0.1) is 0 Å². The monoisotopic (exact) mass is 346 g/mol. The summed E-state index contributed by atoms with van der Waals surface area (Å²) in [6.07, 6.45) is 0. The molecule has 0 saturated heterocycles. The Morgan fingerprint density at radius 3 is 2.54 bits per heavy atom. The van der Waals surface area contributed by atoms with E-state index in [-0.39, 0.29) is 11.0 Å². The lowest BCUT2D eigenvalue weighted by Gasteiger charge is -2.04. The summed E-state index contributed by atoms with van der Waals surface area (Å²) < 4.78 is 52.9. The highest BCUT2D eigenvalue weighted by Gasteiger charge is 2.27. The van der Waals surface area contributed by atoms with Crippen molar-refractivity contribution in [1.82, 2.24) is 15.1 Å². The zero-order chi connectivity index (χ0) is 19.5. The van der Waals surface area contributed by atoms with Crippen LogP contribution in [0.5, 0.6) is 0 Å². The van der Waals surface area contributed by atoms with Gasteiger partial charge in [0.25, 0.3) is 17.6 Å². The van der Waals surface area contributed by atoms with Gasteiger partial charge in [-0.2, -0.15) is 8.78 Å². The number of fused-ring (bicyclic) bond motifs is 2. The number of rotatable bonds is 1. The maximum Gasteiger partial charge on any atom is 0.276 e. The van der Waals surface area contributed by atoms with E-state index in [4.69, 9.17) is 4.11 Å². The number of thiophene rings is 1. The van der Waals surface area contributed by atoms with Crippen molar-refractivity contribution in [2.24, 2.45) is 7.05 Å². The molecule has 7 heteroatoms. The van der Waals surface area contributed by atoms with Gasteiger partial charge in [0.2, 0.25) is 0 Å².